The largest absolute Gasteiger partial charge is 0.456 e. The number of para-hydroxylation sites is 1. The first-order valence-electron chi connectivity index (χ1n) is 16.7. The molecule has 0 bridgehead atoms. The summed E-state index contributed by atoms with van der Waals surface area (Å²) in [6.45, 7) is 0. The minimum Gasteiger partial charge on any atom is -0.456 e. The fraction of sp³-hybridized carbons (Fsp3) is 0. The first kappa shape index (κ1) is 28.2. The molecule has 0 aliphatic carbocycles. The molecule has 0 N–H and O–H groups in total. The Balaban J connectivity index is 1.09. The van der Waals surface area contributed by atoms with Gasteiger partial charge in [-0.3, -0.25) is 0 Å². The van der Waals surface area contributed by atoms with Crippen LogP contribution in [0.1, 0.15) is 0 Å². The van der Waals surface area contributed by atoms with Gasteiger partial charge in [-0.25, -0.2) is 19.9 Å². The van der Waals surface area contributed by atoms with E-state index < -0.39 is 0 Å². The van der Waals surface area contributed by atoms with E-state index in [1.54, 1.807) is 11.3 Å². The zero-order valence-corrected chi connectivity index (χ0v) is 27.7. The number of nitrogens with zero attached hydrogens (tertiary/aromatic N) is 4. The Morgan fingerprint density at radius 2 is 1.12 bits per heavy atom. The summed E-state index contributed by atoms with van der Waals surface area (Å²) < 4.78 is 13.8. The maximum atomic E-state index is 6.50. The van der Waals surface area contributed by atoms with Crippen molar-refractivity contribution in [3.8, 4) is 44.7 Å². The lowest BCUT2D eigenvalue weighted by Crippen LogP contribution is -2.00. The molecule has 0 saturated heterocycles. The molecule has 0 unspecified atom stereocenters. The van der Waals surface area contributed by atoms with Gasteiger partial charge in [0.25, 0.3) is 0 Å². The molecule has 0 radical (unpaired) electrons. The third-order valence-corrected chi connectivity index (χ3v) is 10.6. The highest BCUT2D eigenvalue weighted by molar-refractivity contribution is 7.21. The lowest BCUT2D eigenvalue weighted by Gasteiger charge is -2.09. The van der Waals surface area contributed by atoms with Crippen LogP contribution in [-0.4, -0.2) is 19.9 Å². The molecule has 0 saturated carbocycles. The fourth-order valence-electron chi connectivity index (χ4n) is 7.09. The van der Waals surface area contributed by atoms with Crippen LogP contribution in [0.5, 0.6) is 0 Å². The van der Waals surface area contributed by atoms with Crippen LogP contribution in [-0.2, 0) is 0 Å². The highest BCUT2D eigenvalue weighted by atomic mass is 32.1. The van der Waals surface area contributed by atoms with Crippen molar-refractivity contribution in [1.82, 2.24) is 19.9 Å². The van der Waals surface area contributed by atoms with Crippen LogP contribution in [0.3, 0.4) is 0 Å². The van der Waals surface area contributed by atoms with Crippen LogP contribution in [0.25, 0.3) is 110 Å². The molecule has 7 heteroatoms. The maximum Gasteiger partial charge on any atom is 0.164 e. The van der Waals surface area contributed by atoms with E-state index in [2.05, 4.69) is 78.9 Å². The van der Waals surface area contributed by atoms with Crippen molar-refractivity contribution < 1.29 is 8.83 Å². The maximum absolute atomic E-state index is 6.50. The van der Waals surface area contributed by atoms with Crippen LogP contribution in [0, 0.1) is 0 Å². The molecular formula is C44H24N4O2S. The molecule has 51 heavy (non-hydrogen) atoms. The second-order valence-corrected chi connectivity index (χ2v) is 13.7. The summed E-state index contributed by atoms with van der Waals surface area (Å²) in [5, 5.41) is 7.43. The van der Waals surface area contributed by atoms with E-state index in [9.17, 15) is 0 Å². The molecule has 0 fully saturated rings. The highest BCUT2D eigenvalue weighted by Gasteiger charge is 2.20. The summed E-state index contributed by atoms with van der Waals surface area (Å²) in [5.41, 5.74) is 7.84. The number of hydrogen-bond donors (Lipinski definition) is 0. The highest BCUT2D eigenvalue weighted by Crippen LogP contribution is 2.41. The molecule has 11 aromatic rings. The van der Waals surface area contributed by atoms with Gasteiger partial charge in [-0.2, -0.15) is 0 Å². The number of hydrogen-bond acceptors (Lipinski definition) is 7. The second-order valence-electron chi connectivity index (χ2n) is 12.7. The normalized spacial score (nSPS) is 11.9. The minimum absolute atomic E-state index is 0.562. The molecule has 11 rings (SSSR count). The Bertz CT molecular complexity index is 3160. The van der Waals surface area contributed by atoms with Crippen LogP contribution in [0.15, 0.2) is 154 Å². The van der Waals surface area contributed by atoms with E-state index in [-0.39, 0.29) is 0 Å². The van der Waals surface area contributed by atoms with Crippen LogP contribution in [0.2, 0.25) is 0 Å². The van der Waals surface area contributed by atoms with Crippen LogP contribution < -0.4 is 0 Å². The molecule has 4 heterocycles. The lowest BCUT2D eigenvalue weighted by atomic mass is 10.0. The SMILES string of the molecule is c1ccc(-c2nc(-c3ccc4c(c3)oc3ccccc34)nc(-c3cccc4oc5cc6sc(-c7ccc8ccccc8c7)nc6cc5c34)n2)cc1. The van der Waals surface area contributed by atoms with Gasteiger partial charge in [0.15, 0.2) is 17.5 Å². The van der Waals surface area contributed by atoms with Crippen molar-refractivity contribution in [3.05, 3.63) is 146 Å². The molecule has 0 aliphatic rings. The lowest BCUT2D eigenvalue weighted by molar-refractivity contribution is 0.669. The van der Waals surface area contributed by atoms with E-state index in [1.807, 2.05) is 66.7 Å². The predicted molar refractivity (Wildman–Crippen MR) is 207 cm³/mol. The number of fused-ring (bicyclic) bond motifs is 8. The van der Waals surface area contributed by atoms with E-state index in [0.717, 1.165) is 81.4 Å². The second kappa shape index (κ2) is 10.9. The van der Waals surface area contributed by atoms with Gasteiger partial charge in [0.1, 0.15) is 27.3 Å². The molecule has 4 aromatic heterocycles. The molecular weight excluding hydrogens is 649 g/mol. The van der Waals surface area contributed by atoms with Gasteiger partial charge in [-0.15, -0.1) is 11.3 Å². The summed E-state index contributed by atoms with van der Waals surface area (Å²) >= 11 is 1.67. The minimum atomic E-state index is 0.562. The van der Waals surface area contributed by atoms with Gasteiger partial charge in [-0.1, -0.05) is 103 Å². The monoisotopic (exact) mass is 672 g/mol. The Labute approximate surface area is 294 Å². The average molecular weight is 673 g/mol. The molecule has 0 atom stereocenters. The first-order valence-corrected chi connectivity index (χ1v) is 17.5. The summed E-state index contributed by atoms with van der Waals surface area (Å²) in [5.74, 6) is 1.71. The summed E-state index contributed by atoms with van der Waals surface area (Å²) in [6, 6.07) is 49.4. The summed E-state index contributed by atoms with van der Waals surface area (Å²) in [6.07, 6.45) is 0. The quantitative estimate of drug-likeness (QED) is 0.185. The fourth-order valence-corrected chi connectivity index (χ4v) is 8.06. The van der Waals surface area contributed by atoms with Gasteiger partial charge in [0, 0.05) is 49.9 Å². The van der Waals surface area contributed by atoms with Crippen LogP contribution >= 0.6 is 11.3 Å². The number of thiazole rings is 1. The van der Waals surface area contributed by atoms with E-state index in [0.29, 0.717) is 17.5 Å². The van der Waals surface area contributed by atoms with Crippen molar-refractivity contribution in [2.75, 3.05) is 0 Å². The van der Waals surface area contributed by atoms with Gasteiger partial charge in [0.2, 0.25) is 0 Å². The van der Waals surface area contributed by atoms with E-state index in [1.165, 1.54) is 10.8 Å². The van der Waals surface area contributed by atoms with Crippen molar-refractivity contribution in [2.45, 2.75) is 0 Å². The number of benzene rings is 7. The number of furan rings is 2. The summed E-state index contributed by atoms with van der Waals surface area (Å²) in [4.78, 5) is 20.3. The first-order chi connectivity index (χ1) is 25.2. The van der Waals surface area contributed by atoms with Crippen molar-refractivity contribution in [3.63, 3.8) is 0 Å². The third-order valence-electron chi connectivity index (χ3n) is 9.55. The van der Waals surface area contributed by atoms with E-state index >= 15 is 0 Å². The van der Waals surface area contributed by atoms with E-state index in [4.69, 9.17) is 28.8 Å². The Kier molecular flexibility index (Phi) is 6.02. The van der Waals surface area contributed by atoms with Crippen molar-refractivity contribution in [1.29, 1.82) is 0 Å². The zero-order chi connectivity index (χ0) is 33.5. The topological polar surface area (TPSA) is 77.8 Å². The van der Waals surface area contributed by atoms with Gasteiger partial charge >= 0.3 is 0 Å². The Morgan fingerprint density at radius 1 is 0.412 bits per heavy atom. The van der Waals surface area contributed by atoms with Crippen molar-refractivity contribution >= 4 is 76.2 Å². The number of rotatable bonds is 4. The number of aromatic nitrogens is 4. The standard InChI is InChI=1S/C44H24N4O2S/c1-2-10-26(11-3-1)41-46-42(28-19-20-31-30-13-6-7-15-35(30)49-37(31)22-28)48-43(47-41)32-14-8-16-36-40(32)33-23-34-39(24-38(33)50-36)51-44(45-34)29-18-17-25-9-4-5-12-27(25)21-29/h1-24H. The molecule has 0 spiro atoms. The molecule has 0 amide bonds. The average Bonchev–Trinajstić information content (AvgIpc) is 3.89. The summed E-state index contributed by atoms with van der Waals surface area (Å²) in [7, 11) is 0. The smallest absolute Gasteiger partial charge is 0.164 e. The molecule has 7 aromatic carbocycles. The predicted octanol–water partition coefficient (Wildman–Crippen LogP) is 12.1. The van der Waals surface area contributed by atoms with Crippen LogP contribution in [0.4, 0.5) is 0 Å². The Hall–Kier alpha value is -6.70. The Morgan fingerprint density at radius 3 is 2.04 bits per heavy atom. The van der Waals surface area contributed by atoms with Crippen molar-refractivity contribution in [2.24, 2.45) is 0 Å². The third kappa shape index (κ3) is 4.56. The molecule has 238 valence electrons. The van der Waals surface area contributed by atoms with Gasteiger partial charge in [0.05, 0.1) is 10.2 Å². The molecule has 6 nitrogen and oxygen atoms in total. The molecule has 0 aliphatic heterocycles. The van der Waals surface area contributed by atoms with Gasteiger partial charge in [-0.05, 0) is 47.2 Å². The van der Waals surface area contributed by atoms with Gasteiger partial charge < -0.3 is 8.83 Å². The zero-order valence-electron chi connectivity index (χ0n) is 26.9.